The van der Waals surface area contributed by atoms with E-state index in [1.807, 2.05) is 0 Å². The third-order valence-electron chi connectivity index (χ3n) is 4.68. The summed E-state index contributed by atoms with van der Waals surface area (Å²) in [5, 5.41) is 3.46. The maximum Gasteiger partial charge on any atom is 0.124 e. The van der Waals surface area contributed by atoms with Crippen molar-refractivity contribution in [3.63, 3.8) is 0 Å². The number of hydrogen-bond acceptors (Lipinski definition) is 3. The normalized spacial score (nSPS) is 20.2. The molecular formula is C17H28Cl2N2O. The van der Waals surface area contributed by atoms with Gasteiger partial charge in [0.1, 0.15) is 5.75 Å². The molecule has 1 aromatic rings. The third-order valence-corrected chi connectivity index (χ3v) is 4.68. The molecule has 0 radical (unpaired) electrons. The number of hydrogen-bond donors (Lipinski definition) is 1. The molecular weight excluding hydrogens is 319 g/mol. The molecule has 22 heavy (non-hydrogen) atoms. The van der Waals surface area contributed by atoms with Crippen LogP contribution in [0.1, 0.15) is 37.8 Å². The fourth-order valence-corrected chi connectivity index (χ4v) is 3.48. The molecule has 0 aromatic heterocycles. The highest BCUT2D eigenvalue weighted by molar-refractivity contribution is 5.85. The van der Waals surface area contributed by atoms with Gasteiger partial charge in [-0.05, 0) is 31.7 Å². The number of piperazine rings is 1. The summed E-state index contributed by atoms with van der Waals surface area (Å²) < 4.78 is 5.89. The van der Waals surface area contributed by atoms with Gasteiger partial charge in [0.25, 0.3) is 0 Å². The first-order valence-electron chi connectivity index (χ1n) is 8.06. The molecule has 2 fully saturated rings. The van der Waals surface area contributed by atoms with Crippen LogP contribution in [0.3, 0.4) is 0 Å². The predicted octanol–water partition coefficient (Wildman–Crippen LogP) is 3.68. The summed E-state index contributed by atoms with van der Waals surface area (Å²) in [4.78, 5) is 2.66. The van der Waals surface area contributed by atoms with Crippen molar-refractivity contribution in [3.8, 4) is 5.75 Å². The quantitative estimate of drug-likeness (QED) is 0.880. The number of para-hydroxylation sites is 1. The Balaban J connectivity index is 0.00000121. The minimum absolute atomic E-state index is 0. The fraction of sp³-hybridized carbons (Fsp3) is 0.647. The lowest BCUT2D eigenvalue weighted by molar-refractivity contribution is 0.0814. The van der Waals surface area contributed by atoms with Gasteiger partial charge in [-0.15, -0.1) is 24.8 Å². The predicted molar refractivity (Wildman–Crippen MR) is 96.6 cm³/mol. The van der Waals surface area contributed by atoms with E-state index in [1.165, 1.54) is 24.8 Å². The van der Waals surface area contributed by atoms with Crippen molar-refractivity contribution in [1.29, 1.82) is 0 Å². The van der Waals surface area contributed by atoms with Gasteiger partial charge >= 0.3 is 0 Å². The van der Waals surface area contributed by atoms with Crippen LogP contribution in [-0.2, 0) is 0 Å². The van der Waals surface area contributed by atoms with E-state index < -0.39 is 0 Å². The summed E-state index contributed by atoms with van der Waals surface area (Å²) in [7, 11) is 0. The minimum Gasteiger partial charge on any atom is -0.494 e. The van der Waals surface area contributed by atoms with E-state index in [1.54, 1.807) is 0 Å². The molecule has 5 heteroatoms. The van der Waals surface area contributed by atoms with Crippen LogP contribution in [0, 0.1) is 5.92 Å². The molecule has 3 nitrogen and oxygen atoms in total. The number of halogens is 2. The van der Waals surface area contributed by atoms with Gasteiger partial charge < -0.3 is 10.1 Å². The molecule has 1 saturated carbocycles. The van der Waals surface area contributed by atoms with Crippen LogP contribution < -0.4 is 10.1 Å². The number of nitrogens with zero attached hydrogens (tertiary/aromatic N) is 1. The summed E-state index contributed by atoms with van der Waals surface area (Å²) in [5.41, 5.74) is 1.40. The molecule has 1 aliphatic carbocycles. The molecule has 0 spiro atoms. The molecule has 2 aliphatic rings. The second-order valence-corrected chi connectivity index (χ2v) is 5.89. The molecule has 1 saturated heterocycles. The SMILES string of the molecule is CCOc1ccccc1[C@H](C1CCC1)N1CCNCC1.Cl.Cl. The van der Waals surface area contributed by atoms with Crippen molar-refractivity contribution in [1.82, 2.24) is 10.2 Å². The largest absolute Gasteiger partial charge is 0.494 e. The third kappa shape index (κ3) is 4.29. The Morgan fingerprint density at radius 2 is 1.86 bits per heavy atom. The molecule has 1 aromatic carbocycles. The van der Waals surface area contributed by atoms with Crippen LogP contribution in [0.2, 0.25) is 0 Å². The highest BCUT2D eigenvalue weighted by Crippen LogP contribution is 2.44. The first kappa shape index (κ1) is 19.6. The van der Waals surface area contributed by atoms with E-state index in [-0.39, 0.29) is 24.8 Å². The zero-order chi connectivity index (χ0) is 13.8. The van der Waals surface area contributed by atoms with Crippen molar-refractivity contribution >= 4 is 24.8 Å². The van der Waals surface area contributed by atoms with Crippen LogP contribution in [-0.4, -0.2) is 37.7 Å². The van der Waals surface area contributed by atoms with Crippen LogP contribution in [0.5, 0.6) is 5.75 Å². The van der Waals surface area contributed by atoms with Gasteiger partial charge in [0, 0.05) is 37.8 Å². The lowest BCUT2D eigenvalue weighted by Crippen LogP contribution is -2.47. The monoisotopic (exact) mass is 346 g/mol. The molecule has 0 unspecified atom stereocenters. The Hall–Kier alpha value is -0.480. The lowest BCUT2D eigenvalue weighted by atomic mass is 9.76. The Kier molecular flexibility index (Phi) is 8.55. The van der Waals surface area contributed by atoms with Gasteiger partial charge in [0.2, 0.25) is 0 Å². The van der Waals surface area contributed by atoms with Gasteiger partial charge in [0.15, 0.2) is 0 Å². The molecule has 1 aliphatic heterocycles. The highest BCUT2D eigenvalue weighted by Gasteiger charge is 2.34. The summed E-state index contributed by atoms with van der Waals surface area (Å²) >= 11 is 0. The average molecular weight is 347 g/mol. The van der Waals surface area contributed by atoms with Crippen molar-refractivity contribution < 1.29 is 4.74 Å². The molecule has 0 bridgehead atoms. The van der Waals surface area contributed by atoms with Crippen LogP contribution in [0.4, 0.5) is 0 Å². The highest BCUT2D eigenvalue weighted by atomic mass is 35.5. The fourth-order valence-electron chi connectivity index (χ4n) is 3.48. The van der Waals surface area contributed by atoms with Gasteiger partial charge in [-0.3, -0.25) is 4.90 Å². The Labute approximate surface area is 146 Å². The molecule has 126 valence electrons. The molecule has 1 N–H and O–H groups in total. The van der Waals surface area contributed by atoms with E-state index in [0.29, 0.717) is 6.04 Å². The lowest BCUT2D eigenvalue weighted by Gasteiger charge is -2.43. The first-order chi connectivity index (χ1) is 9.90. The van der Waals surface area contributed by atoms with E-state index in [9.17, 15) is 0 Å². The molecule has 0 amide bonds. The second-order valence-electron chi connectivity index (χ2n) is 5.89. The van der Waals surface area contributed by atoms with Crippen molar-refractivity contribution in [2.75, 3.05) is 32.8 Å². The number of rotatable bonds is 5. The van der Waals surface area contributed by atoms with Gasteiger partial charge in [0.05, 0.1) is 6.61 Å². The minimum atomic E-state index is 0. The average Bonchev–Trinajstić information content (AvgIpc) is 2.45. The summed E-state index contributed by atoms with van der Waals surface area (Å²) in [6, 6.07) is 9.20. The zero-order valence-electron chi connectivity index (χ0n) is 13.3. The van der Waals surface area contributed by atoms with Crippen LogP contribution in [0.15, 0.2) is 24.3 Å². The van der Waals surface area contributed by atoms with E-state index in [0.717, 1.165) is 44.5 Å². The van der Waals surface area contributed by atoms with Crippen LogP contribution >= 0.6 is 24.8 Å². The topological polar surface area (TPSA) is 24.5 Å². The van der Waals surface area contributed by atoms with Gasteiger partial charge in [-0.1, -0.05) is 24.6 Å². The number of ether oxygens (including phenoxy) is 1. The summed E-state index contributed by atoms with van der Waals surface area (Å²) in [6.07, 6.45) is 4.13. The van der Waals surface area contributed by atoms with Gasteiger partial charge in [-0.2, -0.15) is 0 Å². The maximum atomic E-state index is 5.89. The Morgan fingerprint density at radius 3 is 2.45 bits per heavy atom. The van der Waals surface area contributed by atoms with Crippen LogP contribution in [0.25, 0.3) is 0 Å². The van der Waals surface area contributed by atoms with Gasteiger partial charge in [-0.25, -0.2) is 0 Å². The Bertz CT molecular complexity index is 434. The number of benzene rings is 1. The van der Waals surface area contributed by atoms with Crippen molar-refractivity contribution in [3.05, 3.63) is 29.8 Å². The first-order valence-corrected chi connectivity index (χ1v) is 8.06. The zero-order valence-corrected chi connectivity index (χ0v) is 14.9. The standard InChI is InChI=1S/C17H26N2O.2ClH/c1-2-20-16-9-4-3-8-15(16)17(14-6-5-7-14)19-12-10-18-11-13-19;;/h3-4,8-9,14,17-18H,2,5-7,10-13H2,1H3;2*1H/t17-;;/m0../s1. The smallest absolute Gasteiger partial charge is 0.124 e. The Morgan fingerprint density at radius 1 is 1.18 bits per heavy atom. The van der Waals surface area contributed by atoms with Crippen molar-refractivity contribution in [2.45, 2.75) is 32.2 Å². The number of nitrogens with one attached hydrogen (secondary N) is 1. The second kappa shape index (κ2) is 9.61. The van der Waals surface area contributed by atoms with E-state index in [2.05, 4.69) is 41.4 Å². The molecule has 1 heterocycles. The summed E-state index contributed by atoms with van der Waals surface area (Å²) in [5.74, 6) is 1.90. The molecule has 3 rings (SSSR count). The molecule has 1 atom stereocenters. The summed E-state index contributed by atoms with van der Waals surface area (Å²) in [6.45, 7) is 7.35. The maximum absolute atomic E-state index is 5.89. The van der Waals surface area contributed by atoms with E-state index in [4.69, 9.17) is 4.74 Å². The van der Waals surface area contributed by atoms with Crippen molar-refractivity contribution in [2.24, 2.45) is 5.92 Å². The van der Waals surface area contributed by atoms with E-state index >= 15 is 0 Å².